The summed E-state index contributed by atoms with van der Waals surface area (Å²) in [6.45, 7) is -0.595. The van der Waals surface area contributed by atoms with Crippen molar-refractivity contribution in [2.45, 2.75) is 19.6 Å². The van der Waals surface area contributed by atoms with Crippen molar-refractivity contribution in [1.29, 1.82) is 0 Å². The number of aromatic nitrogens is 6. The molecule has 30 nitrogen and oxygen atoms in total. The Morgan fingerprint density at radius 1 is 0.395 bits per heavy atom. The van der Waals surface area contributed by atoms with Crippen molar-refractivity contribution < 1.29 is 180 Å². The average Bonchev–Trinajstić information content (AvgIpc) is 3.09. The molecular formula is C48H40N16Na4O14S4. The summed E-state index contributed by atoms with van der Waals surface area (Å²) >= 11 is 0. The van der Waals surface area contributed by atoms with E-state index >= 15 is 0 Å². The number of azo groups is 2. The first-order valence-corrected chi connectivity index (χ1v) is 28.9. The van der Waals surface area contributed by atoms with Crippen molar-refractivity contribution in [2.24, 2.45) is 30.4 Å². The molecule has 0 saturated heterocycles. The van der Waals surface area contributed by atoms with E-state index in [-0.39, 0.29) is 213 Å². The number of H-pyrrole nitrogens is 2. The molecule has 38 heteroatoms. The Morgan fingerprint density at radius 2 is 0.663 bits per heavy atom. The van der Waals surface area contributed by atoms with E-state index in [0.717, 1.165) is 48.6 Å². The van der Waals surface area contributed by atoms with Gasteiger partial charge in [-0.15, -0.1) is 0 Å². The molecule has 424 valence electrons. The minimum atomic E-state index is -5.17. The molecule has 6 aromatic carbocycles. The van der Waals surface area contributed by atoms with Gasteiger partial charge in [0.2, 0.25) is 23.8 Å². The Morgan fingerprint density at radius 3 is 0.930 bits per heavy atom. The Labute approximate surface area is 578 Å². The molecule has 0 amide bonds. The molecule has 0 aliphatic heterocycles. The minimum absolute atomic E-state index is 0. The largest absolute Gasteiger partial charge is 1.00 e. The molecule has 8 N–H and O–H groups in total. The zero-order chi connectivity index (χ0) is 58.7. The van der Waals surface area contributed by atoms with E-state index in [0.29, 0.717) is 22.7 Å². The van der Waals surface area contributed by atoms with Crippen LogP contribution in [0.15, 0.2) is 183 Å². The number of hydrogen-bond donors (Lipinski definition) is 8. The number of nitrogens with one attached hydrogen (secondary N) is 6. The van der Waals surface area contributed by atoms with Crippen LogP contribution >= 0.6 is 0 Å². The van der Waals surface area contributed by atoms with Crippen LogP contribution in [0.5, 0.6) is 0 Å². The van der Waals surface area contributed by atoms with Crippen LogP contribution in [0.4, 0.5) is 69.3 Å². The second kappa shape index (κ2) is 32.7. The smallest absolute Gasteiger partial charge is 0.744 e. The first kappa shape index (κ1) is 73.1. The summed E-state index contributed by atoms with van der Waals surface area (Å²) < 4.78 is 143. The van der Waals surface area contributed by atoms with Crippen LogP contribution < -0.4 is 151 Å². The van der Waals surface area contributed by atoms with Crippen LogP contribution in [0.1, 0.15) is 11.1 Å². The number of rotatable bonds is 22. The van der Waals surface area contributed by atoms with Gasteiger partial charge in [-0.25, -0.2) is 43.7 Å². The number of nitrogens with zero attached hydrogens (tertiary/aromatic N) is 10. The van der Waals surface area contributed by atoms with Gasteiger partial charge in [0.15, 0.2) is 0 Å². The normalized spacial score (nSPS) is 12.3. The van der Waals surface area contributed by atoms with E-state index in [4.69, 9.17) is 0 Å². The molecule has 0 spiro atoms. The van der Waals surface area contributed by atoms with Gasteiger partial charge in [-0.3, -0.25) is 9.97 Å². The SMILES string of the molecule is O=S(=O)([O-])c1ccc(Nc2nc(=NCCO)nc(Nc3ccc(N=Nc4ccc(/C=C/c5ccc(N=Nc6ccc(Nc7nc(=NCCO)nc(Nc8ccc(S(=O)(=O)[O-])cc8)[nH]7)cc6)cc5S(=O)(=O)[O-])c(S(=O)(=O)[O-])c4)cc3)[nH]2)cc1.[Na+].[Na+].[Na+].[Na+]. The molecule has 8 aromatic rings. The van der Waals surface area contributed by atoms with Gasteiger partial charge >= 0.3 is 118 Å². The van der Waals surface area contributed by atoms with E-state index in [1.54, 1.807) is 48.5 Å². The zero-order valence-electron chi connectivity index (χ0n) is 45.6. The van der Waals surface area contributed by atoms with Crippen LogP contribution in [0.25, 0.3) is 12.2 Å². The molecule has 0 aliphatic rings. The molecular weight excluding hydrogens is 1240 g/mol. The number of aliphatic hydroxyl groups is 2. The van der Waals surface area contributed by atoms with Gasteiger partial charge in [0.1, 0.15) is 40.5 Å². The maximum Gasteiger partial charge on any atom is 1.00 e. The van der Waals surface area contributed by atoms with Crippen molar-refractivity contribution in [3.63, 3.8) is 0 Å². The number of aromatic amines is 2. The third-order valence-electron chi connectivity index (χ3n) is 10.6. The minimum Gasteiger partial charge on any atom is -0.744 e. The maximum absolute atomic E-state index is 12.5. The molecule has 0 radical (unpaired) electrons. The Bertz CT molecular complexity index is 4100. The summed E-state index contributed by atoms with van der Waals surface area (Å²) in [5.41, 5.74) is 1.76. The quantitative estimate of drug-likeness (QED) is 0.0135. The van der Waals surface area contributed by atoms with Crippen LogP contribution in [-0.4, -0.2) is 118 Å². The summed E-state index contributed by atoms with van der Waals surface area (Å²) in [7, 11) is -19.7. The standard InChI is InChI=1S/C48H44N16O14S4.4Na/c65-25-23-49-43-55-45(59-47(57-43)53-33-15-19-39(20-16-33)79(67,68)69)51-31-7-11-35(12-8-31)61-63-37-5-3-29(41(27-37)81(73,74)75)1-2-30-4-6-38(28-42(30)82(76,77)78)64-62-36-13-9-32(10-14-36)52-46-56-44(50-24-26-66)58-48(60-46)54-34-17-21-40(22-18-34)80(70,71)72;;;;/h1-22,27-28,65-66H,23-26H2,(H,67,68,69)(H,70,71,72)(H,73,74,75)(H,76,77,78)(H3,49,51,53,55,57,59)(H3,50,52,54,56,58,60);;;;/q;4*+1/p-4/b2-1+,63-61?,64-62?;;;;. The molecule has 2 heterocycles. The fourth-order valence-corrected chi connectivity index (χ4v) is 9.25. The van der Waals surface area contributed by atoms with Gasteiger partial charge in [0.25, 0.3) is 11.2 Å². The van der Waals surface area contributed by atoms with Gasteiger partial charge in [0, 0.05) is 22.7 Å². The fraction of sp³-hybridized carbons (Fsp3) is 0.0833. The first-order valence-electron chi connectivity index (χ1n) is 23.3. The topological polar surface area (TPSA) is 475 Å². The third kappa shape index (κ3) is 21.7. The number of anilines is 8. The number of benzene rings is 6. The molecule has 86 heavy (non-hydrogen) atoms. The number of hydrogen-bond acceptors (Lipinski definition) is 28. The van der Waals surface area contributed by atoms with Gasteiger partial charge in [0.05, 0.1) is 68.6 Å². The first-order chi connectivity index (χ1) is 39.0. The maximum atomic E-state index is 12.5. The fourth-order valence-electron chi connectivity index (χ4n) is 6.93. The second-order valence-corrected chi connectivity index (χ2v) is 22.0. The Hall–Kier alpha value is -5.36. The van der Waals surface area contributed by atoms with Crippen LogP contribution in [0, 0.1) is 0 Å². The van der Waals surface area contributed by atoms with Crippen LogP contribution in [-0.2, 0) is 40.5 Å². The average molecular weight is 1290 g/mol. The number of aliphatic hydroxyl groups excluding tert-OH is 2. The molecule has 8 rings (SSSR count). The van der Waals surface area contributed by atoms with Gasteiger partial charge in [-0.1, -0.05) is 24.3 Å². The van der Waals surface area contributed by atoms with Gasteiger partial charge in [-0.2, -0.15) is 40.4 Å². The Balaban J connectivity index is 0.00000396. The van der Waals surface area contributed by atoms with Crippen LogP contribution in [0.2, 0.25) is 0 Å². The van der Waals surface area contributed by atoms with E-state index < -0.39 is 60.1 Å². The summed E-state index contributed by atoms with van der Waals surface area (Å²) in [6.07, 6.45) is 2.26. The van der Waals surface area contributed by atoms with E-state index in [2.05, 4.69) is 81.6 Å². The Kier molecular flexibility index (Phi) is 27.8. The third-order valence-corrected chi connectivity index (χ3v) is 14.1. The summed E-state index contributed by atoms with van der Waals surface area (Å²) in [6, 6.07) is 29.5. The second-order valence-electron chi connectivity index (χ2n) is 16.5. The summed E-state index contributed by atoms with van der Waals surface area (Å²) in [5.74, 6) is 0.480. The van der Waals surface area contributed by atoms with Crippen molar-refractivity contribution in [3.8, 4) is 0 Å². The summed E-state index contributed by atoms with van der Waals surface area (Å²) in [4.78, 5) is 28.7. The van der Waals surface area contributed by atoms with E-state index in [1.807, 2.05) is 0 Å². The van der Waals surface area contributed by atoms with Crippen LogP contribution in [0.3, 0.4) is 0 Å². The van der Waals surface area contributed by atoms with Crippen molar-refractivity contribution in [1.82, 2.24) is 29.9 Å². The van der Waals surface area contributed by atoms with Gasteiger partial charge < -0.3 is 49.7 Å². The summed E-state index contributed by atoms with van der Waals surface area (Å²) in [5, 5.41) is 46.8. The predicted octanol–water partition coefficient (Wildman–Crippen LogP) is -6.68. The molecule has 0 fully saturated rings. The zero-order valence-corrected chi connectivity index (χ0v) is 56.8. The van der Waals surface area contributed by atoms with E-state index in [1.165, 1.54) is 48.5 Å². The molecule has 0 atom stereocenters. The molecule has 2 aromatic heterocycles. The molecule has 0 unspecified atom stereocenters. The predicted molar refractivity (Wildman–Crippen MR) is 289 cm³/mol. The van der Waals surface area contributed by atoms with Crippen molar-refractivity contribution in [2.75, 3.05) is 47.6 Å². The monoisotopic (exact) mass is 1280 g/mol. The molecule has 0 bridgehead atoms. The van der Waals surface area contributed by atoms with E-state index in [9.17, 15) is 62.1 Å². The van der Waals surface area contributed by atoms with Gasteiger partial charge in [-0.05, 0) is 132 Å². The van der Waals surface area contributed by atoms with Crippen molar-refractivity contribution in [3.05, 3.63) is 156 Å². The van der Waals surface area contributed by atoms with Crippen molar-refractivity contribution >= 4 is 122 Å². The molecule has 0 saturated carbocycles. The molecule has 0 aliphatic carbocycles.